The average Bonchev–Trinajstić information content (AvgIpc) is 3.05. The van der Waals surface area contributed by atoms with Crippen molar-refractivity contribution >= 4 is 18.3 Å². The van der Waals surface area contributed by atoms with E-state index in [0.29, 0.717) is 6.04 Å². The first-order chi connectivity index (χ1) is 11.0. The Bertz CT molecular complexity index is 552. The van der Waals surface area contributed by atoms with Crippen LogP contribution < -0.4 is 5.32 Å². The van der Waals surface area contributed by atoms with Crippen LogP contribution in [-0.4, -0.2) is 61.0 Å². The van der Waals surface area contributed by atoms with Gasteiger partial charge in [0.05, 0.1) is 5.41 Å². The highest BCUT2D eigenvalue weighted by atomic mass is 35.5. The molecule has 0 aromatic heterocycles. The summed E-state index contributed by atoms with van der Waals surface area (Å²) in [5.74, 6) is 0.263. The van der Waals surface area contributed by atoms with Gasteiger partial charge < -0.3 is 10.2 Å². The van der Waals surface area contributed by atoms with Crippen LogP contribution in [0.25, 0.3) is 0 Å². The lowest BCUT2D eigenvalue weighted by Gasteiger charge is -2.34. The molecule has 1 N–H and O–H groups in total. The van der Waals surface area contributed by atoms with E-state index in [9.17, 15) is 4.79 Å². The van der Waals surface area contributed by atoms with E-state index in [1.165, 1.54) is 5.56 Å². The zero-order valence-corrected chi connectivity index (χ0v) is 15.9. The molecule has 4 nitrogen and oxygen atoms in total. The molecule has 24 heavy (non-hydrogen) atoms. The number of halogens is 1. The molecule has 1 aromatic rings. The van der Waals surface area contributed by atoms with Gasteiger partial charge in [-0.05, 0) is 32.8 Å². The van der Waals surface area contributed by atoms with Gasteiger partial charge in [0.1, 0.15) is 0 Å². The molecule has 1 amide bonds. The van der Waals surface area contributed by atoms with Gasteiger partial charge in [-0.1, -0.05) is 29.8 Å². The van der Waals surface area contributed by atoms with Crippen molar-refractivity contribution in [3.63, 3.8) is 0 Å². The number of rotatable bonds is 3. The summed E-state index contributed by atoms with van der Waals surface area (Å²) in [5.41, 5.74) is 1.89. The summed E-state index contributed by atoms with van der Waals surface area (Å²) in [5, 5.41) is 3.40. The molecule has 3 rings (SSSR count). The molecule has 2 heterocycles. The van der Waals surface area contributed by atoms with Gasteiger partial charge >= 0.3 is 0 Å². The molecule has 1 aromatic carbocycles. The van der Waals surface area contributed by atoms with E-state index in [1.807, 2.05) is 0 Å². The van der Waals surface area contributed by atoms with E-state index < -0.39 is 5.41 Å². The zero-order chi connectivity index (χ0) is 16.4. The van der Waals surface area contributed by atoms with Crippen molar-refractivity contribution in [1.82, 2.24) is 15.1 Å². The maximum absolute atomic E-state index is 13.1. The van der Waals surface area contributed by atoms with Gasteiger partial charge in [0.2, 0.25) is 5.91 Å². The number of benzene rings is 1. The molecule has 0 spiro atoms. The lowest BCUT2D eigenvalue weighted by Crippen LogP contribution is -2.50. The summed E-state index contributed by atoms with van der Waals surface area (Å²) in [6, 6.07) is 8.92. The van der Waals surface area contributed by atoms with Crippen molar-refractivity contribution in [3.8, 4) is 0 Å². The maximum Gasteiger partial charge on any atom is 0.232 e. The van der Waals surface area contributed by atoms with Gasteiger partial charge in [-0.15, -0.1) is 12.4 Å². The third-order valence-corrected chi connectivity index (χ3v) is 5.43. The lowest BCUT2D eigenvalue weighted by molar-refractivity contribution is -0.135. The number of piperazine rings is 1. The van der Waals surface area contributed by atoms with Crippen molar-refractivity contribution in [1.29, 1.82) is 0 Å². The molecule has 2 aliphatic rings. The summed E-state index contributed by atoms with van der Waals surface area (Å²) in [7, 11) is 0. The third kappa shape index (κ3) is 3.93. The number of hydrogen-bond donors (Lipinski definition) is 1. The van der Waals surface area contributed by atoms with Crippen LogP contribution in [0.5, 0.6) is 0 Å². The van der Waals surface area contributed by atoms with Gasteiger partial charge in [-0.3, -0.25) is 9.69 Å². The summed E-state index contributed by atoms with van der Waals surface area (Å²) in [6.07, 6.45) is 1.11. The highest BCUT2D eigenvalue weighted by Crippen LogP contribution is 2.28. The largest absolute Gasteiger partial charge is 0.340 e. The summed E-state index contributed by atoms with van der Waals surface area (Å²) >= 11 is 0. The second-order valence-electron chi connectivity index (χ2n) is 7.47. The minimum Gasteiger partial charge on any atom is -0.340 e. The minimum absolute atomic E-state index is 0. The first-order valence-electron chi connectivity index (χ1n) is 8.80. The van der Waals surface area contributed by atoms with Crippen LogP contribution in [0.3, 0.4) is 0 Å². The van der Waals surface area contributed by atoms with Gasteiger partial charge in [-0.25, -0.2) is 0 Å². The van der Waals surface area contributed by atoms with Crippen LogP contribution in [0.2, 0.25) is 0 Å². The molecule has 0 bridgehead atoms. The molecule has 2 saturated heterocycles. The average molecular weight is 352 g/mol. The molecule has 0 saturated carbocycles. The topological polar surface area (TPSA) is 35.6 Å². The van der Waals surface area contributed by atoms with Crippen LogP contribution in [-0.2, 0) is 10.2 Å². The van der Waals surface area contributed by atoms with Gasteiger partial charge in [0.25, 0.3) is 0 Å². The SMILES string of the molecule is Cc1ccc(C(C)(C)C(=O)N2CCC(N3CCNCC3)C2)cc1.Cl. The lowest BCUT2D eigenvalue weighted by atomic mass is 9.83. The molecule has 2 aliphatic heterocycles. The van der Waals surface area contributed by atoms with E-state index in [2.05, 4.69) is 60.2 Å². The first-order valence-corrected chi connectivity index (χ1v) is 8.80. The van der Waals surface area contributed by atoms with Gasteiger partial charge in [0, 0.05) is 45.3 Å². The van der Waals surface area contributed by atoms with Gasteiger partial charge in [-0.2, -0.15) is 0 Å². The standard InChI is InChI=1S/C19H29N3O.ClH/c1-15-4-6-16(7-5-15)19(2,3)18(23)22-11-8-17(14-22)21-12-9-20-10-13-21;/h4-7,17,20H,8-14H2,1-3H3;1H. The second kappa shape index (κ2) is 7.85. The Labute approximate surface area is 152 Å². The van der Waals surface area contributed by atoms with E-state index >= 15 is 0 Å². The van der Waals surface area contributed by atoms with E-state index in [1.54, 1.807) is 0 Å². The third-order valence-electron chi connectivity index (χ3n) is 5.43. The van der Waals surface area contributed by atoms with Crippen LogP contribution in [0.1, 0.15) is 31.4 Å². The molecular formula is C19H30ClN3O. The fourth-order valence-corrected chi connectivity index (χ4v) is 3.76. The Balaban J connectivity index is 0.00000208. The highest BCUT2D eigenvalue weighted by Gasteiger charge is 2.38. The Morgan fingerprint density at radius 2 is 1.75 bits per heavy atom. The minimum atomic E-state index is -0.452. The van der Waals surface area contributed by atoms with E-state index in [0.717, 1.165) is 51.3 Å². The number of likely N-dealkylation sites (tertiary alicyclic amines) is 1. The molecule has 0 radical (unpaired) electrons. The predicted octanol–water partition coefficient (Wildman–Crippen LogP) is 2.20. The fraction of sp³-hybridized carbons (Fsp3) is 0.632. The molecule has 5 heteroatoms. The maximum atomic E-state index is 13.1. The zero-order valence-electron chi connectivity index (χ0n) is 15.0. The highest BCUT2D eigenvalue weighted by molar-refractivity contribution is 5.87. The Hall–Kier alpha value is -1.10. The number of nitrogens with one attached hydrogen (secondary N) is 1. The molecule has 0 aliphatic carbocycles. The number of nitrogens with zero attached hydrogens (tertiary/aromatic N) is 2. The summed E-state index contributed by atoms with van der Waals surface area (Å²) in [6.45, 7) is 12.3. The van der Waals surface area contributed by atoms with Gasteiger partial charge in [0.15, 0.2) is 0 Å². The number of aryl methyl sites for hydroxylation is 1. The monoisotopic (exact) mass is 351 g/mol. The van der Waals surface area contributed by atoms with Crippen LogP contribution >= 0.6 is 12.4 Å². The van der Waals surface area contributed by atoms with Crippen molar-refractivity contribution in [2.24, 2.45) is 0 Å². The Kier molecular flexibility index (Phi) is 6.29. The summed E-state index contributed by atoms with van der Waals surface area (Å²) in [4.78, 5) is 17.7. The molecule has 1 unspecified atom stereocenters. The van der Waals surface area contributed by atoms with Crippen LogP contribution in [0, 0.1) is 6.92 Å². The van der Waals surface area contributed by atoms with Crippen LogP contribution in [0.4, 0.5) is 0 Å². The Morgan fingerprint density at radius 1 is 1.12 bits per heavy atom. The van der Waals surface area contributed by atoms with E-state index in [-0.39, 0.29) is 18.3 Å². The predicted molar refractivity (Wildman–Crippen MR) is 101 cm³/mol. The number of amides is 1. The van der Waals surface area contributed by atoms with Crippen molar-refractivity contribution in [2.75, 3.05) is 39.3 Å². The molecule has 134 valence electrons. The second-order valence-corrected chi connectivity index (χ2v) is 7.47. The smallest absolute Gasteiger partial charge is 0.232 e. The molecule has 2 fully saturated rings. The number of carbonyl (C=O) groups excluding carboxylic acids is 1. The molecular weight excluding hydrogens is 322 g/mol. The van der Waals surface area contributed by atoms with Crippen molar-refractivity contribution in [2.45, 2.75) is 38.6 Å². The summed E-state index contributed by atoms with van der Waals surface area (Å²) < 4.78 is 0. The molecule has 1 atom stereocenters. The van der Waals surface area contributed by atoms with Crippen molar-refractivity contribution in [3.05, 3.63) is 35.4 Å². The first kappa shape index (κ1) is 19.2. The van der Waals surface area contributed by atoms with E-state index in [4.69, 9.17) is 0 Å². The number of carbonyl (C=O) groups is 1. The van der Waals surface area contributed by atoms with Crippen molar-refractivity contribution < 1.29 is 4.79 Å². The quantitative estimate of drug-likeness (QED) is 0.906. The van der Waals surface area contributed by atoms with Crippen LogP contribution in [0.15, 0.2) is 24.3 Å². The number of hydrogen-bond acceptors (Lipinski definition) is 3. The Morgan fingerprint density at radius 3 is 2.38 bits per heavy atom. The normalized spacial score (nSPS) is 22.3. The fourth-order valence-electron chi connectivity index (χ4n) is 3.76.